The van der Waals surface area contributed by atoms with Crippen molar-refractivity contribution < 1.29 is 18.7 Å². The number of carbonyl (C=O) groups excluding carboxylic acids is 1. The first-order valence-corrected chi connectivity index (χ1v) is 6.75. The van der Waals surface area contributed by atoms with Gasteiger partial charge in [-0.25, -0.2) is 0 Å². The molecular formula is C17H12O4. The maximum Gasteiger partial charge on any atom is 0.232 e. The molecule has 0 fully saturated rings. The second-order valence-corrected chi connectivity index (χ2v) is 4.81. The number of rotatable bonds is 2. The molecule has 2 aromatic carbocycles. The van der Waals surface area contributed by atoms with Gasteiger partial charge >= 0.3 is 0 Å². The average Bonchev–Trinajstić information content (AvgIpc) is 2.97. The SMILES string of the molecule is O=C(c1cc2ccccc2o1)c1cccc2c1OCCO2. The van der Waals surface area contributed by atoms with Crippen LogP contribution in [0.3, 0.4) is 0 Å². The topological polar surface area (TPSA) is 48.7 Å². The first-order valence-electron chi connectivity index (χ1n) is 6.75. The zero-order valence-electron chi connectivity index (χ0n) is 11.2. The molecule has 1 aliphatic heterocycles. The number of ether oxygens (including phenoxy) is 2. The van der Waals surface area contributed by atoms with E-state index < -0.39 is 0 Å². The number of hydrogen-bond donors (Lipinski definition) is 0. The van der Waals surface area contributed by atoms with Gasteiger partial charge in [0.1, 0.15) is 18.8 Å². The highest BCUT2D eigenvalue weighted by Gasteiger charge is 2.23. The summed E-state index contributed by atoms with van der Waals surface area (Å²) in [5.74, 6) is 1.20. The van der Waals surface area contributed by atoms with Crippen LogP contribution in [0.4, 0.5) is 0 Å². The summed E-state index contributed by atoms with van der Waals surface area (Å²) in [6.45, 7) is 0.937. The maximum atomic E-state index is 12.7. The number of furan rings is 1. The maximum absolute atomic E-state index is 12.7. The van der Waals surface area contributed by atoms with Gasteiger partial charge in [-0.2, -0.15) is 0 Å². The standard InChI is InChI=1S/C17H12O4/c18-16(15-10-11-4-1-2-6-13(11)21-15)12-5-3-7-14-17(12)20-9-8-19-14/h1-7,10H,8-9H2. The fourth-order valence-electron chi connectivity index (χ4n) is 2.48. The van der Waals surface area contributed by atoms with Crippen molar-refractivity contribution in [2.75, 3.05) is 13.2 Å². The zero-order chi connectivity index (χ0) is 14.2. The molecule has 0 saturated heterocycles. The van der Waals surface area contributed by atoms with Crippen molar-refractivity contribution >= 4 is 16.8 Å². The summed E-state index contributed by atoms with van der Waals surface area (Å²) < 4.78 is 16.7. The van der Waals surface area contributed by atoms with E-state index >= 15 is 0 Å². The van der Waals surface area contributed by atoms with Gasteiger partial charge in [-0.15, -0.1) is 0 Å². The van der Waals surface area contributed by atoms with Gasteiger partial charge in [0.2, 0.25) is 5.78 Å². The minimum absolute atomic E-state index is 0.200. The smallest absolute Gasteiger partial charge is 0.232 e. The Balaban J connectivity index is 1.81. The molecule has 0 bridgehead atoms. The van der Waals surface area contributed by atoms with E-state index in [2.05, 4.69) is 0 Å². The molecule has 1 aliphatic rings. The van der Waals surface area contributed by atoms with E-state index in [1.54, 1.807) is 24.3 Å². The minimum Gasteiger partial charge on any atom is -0.486 e. The van der Waals surface area contributed by atoms with Gasteiger partial charge in [0.15, 0.2) is 17.3 Å². The first kappa shape index (κ1) is 12.0. The Bertz CT molecular complexity index is 799. The molecule has 2 heterocycles. The molecule has 0 saturated carbocycles. The van der Waals surface area contributed by atoms with Crippen LogP contribution in [0.2, 0.25) is 0 Å². The van der Waals surface area contributed by atoms with Gasteiger partial charge in [-0.3, -0.25) is 4.79 Å². The highest BCUT2D eigenvalue weighted by molar-refractivity contribution is 6.11. The lowest BCUT2D eigenvalue weighted by Crippen LogP contribution is -2.17. The van der Waals surface area contributed by atoms with Crippen molar-refractivity contribution in [2.45, 2.75) is 0 Å². The van der Waals surface area contributed by atoms with Crippen LogP contribution < -0.4 is 9.47 Å². The second kappa shape index (κ2) is 4.66. The van der Waals surface area contributed by atoms with Gasteiger partial charge in [0.05, 0.1) is 5.56 Å². The van der Waals surface area contributed by atoms with Gasteiger partial charge < -0.3 is 13.9 Å². The van der Waals surface area contributed by atoms with Crippen molar-refractivity contribution in [3.8, 4) is 11.5 Å². The summed E-state index contributed by atoms with van der Waals surface area (Å²) in [5.41, 5.74) is 1.16. The van der Waals surface area contributed by atoms with Crippen LogP contribution >= 0.6 is 0 Å². The van der Waals surface area contributed by atoms with Gasteiger partial charge in [0, 0.05) is 5.39 Å². The lowest BCUT2D eigenvalue weighted by molar-refractivity contribution is 0.1000. The number of fused-ring (bicyclic) bond motifs is 2. The van der Waals surface area contributed by atoms with Crippen molar-refractivity contribution in [3.05, 3.63) is 59.9 Å². The molecule has 0 N–H and O–H groups in total. The highest BCUT2D eigenvalue weighted by Crippen LogP contribution is 2.35. The van der Waals surface area contributed by atoms with Crippen LogP contribution in [-0.4, -0.2) is 19.0 Å². The Labute approximate surface area is 120 Å². The van der Waals surface area contributed by atoms with Crippen molar-refractivity contribution in [2.24, 2.45) is 0 Å². The predicted octanol–water partition coefficient (Wildman–Crippen LogP) is 3.44. The third-order valence-corrected chi connectivity index (χ3v) is 3.46. The first-order chi connectivity index (χ1) is 10.3. The molecule has 0 aliphatic carbocycles. The molecule has 4 rings (SSSR count). The summed E-state index contributed by atoms with van der Waals surface area (Å²) in [4.78, 5) is 12.7. The fraction of sp³-hybridized carbons (Fsp3) is 0.118. The Kier molecular flexibility index (Phi) is 2.67. The molecule has 1 aromatic heterocycles. The van der Waals surface area contributed by atoms with Crippen LogP contribution in [-0.2, 0) is 0 Å². The molecule has 104 valence electrons. The largest absolute Gasteiger partial charge is 0.486 e. The zero-order valence-corrected chi connectivity index (χ0v) is 11.2. The quantitative estimate of drug-likeness (QED) is 0.675. The monoisotopic (exact) mass is 280 g/mol. The van der Waals surface area contributed by atoms with Crippen molar-refractivity contribution in [1.82, 2.24) is 0 Å². The third kappa shape index (κ3) is 1.96. The lowest BCUT2D eigenvalue weighted by atomic mass is 10.1. The molecule has 0 unspecified atom stereocenters. The van der Waals surface area contributed by atoms with Crippen molar-refractivity contribution in [3.63, 3.8) is 0 Å². The molecule has 0 radical (unpaired) electrons. The lowest BCUT2D eigenvalue weighted by Gasteiger charge is -2.20. The molecule has 4 heteroatoms. The van der Waals surface area contributed by atoms with E-state index in [1.165, 1.54) is 0 Å². The minimum atomic E-state index is -0.200. The second-order valence-electron chi connectivity index (χ2n) is 4.81. The summed E-state index contributed by atoms with van der Waals surface area (Å²) in [7, 11) is 0. The van der Waals surface area contributed by atoms with Crippen molar-refractivity contribution in [1.29, 1.82) is 0 Å². The van der Waals surface area contributed by atoms with Crippen LogP contribution in [0.15, 0.2) is 52.9 Å². The van der Waals surface area contributed by atoms with Crippen LogP contribution in [0, 0.1) is 0 Å². The Morgan fingerprint density at radius 1 is 0.952 bits per heavy atom. The molecule has 0 spiro atoms. The van der Waals surface area contributed by atoms with E-state index in [0.29, 0.717) is 41.6 Å². The Morgan fingerprint density at radius 2 is 1.81 bits per heavy atom. The molecule has 0 atom stereocenters. The van der Waals surface area contributed by atoms with E-state index in [9.17, 15) is 4.79 Å². The summed E-state index contributed by atoms with van der Waals surface area (Å²) in [6, 6.07) is 14.6. The average molecular weight is 280 g/mol. The number of para-hydroxylation sites is 2. The van der Waals surface area contributed by atoms with Gasteiger partial charge in [-0.1, -0.05) is 24.3 Å². The summed E-state index contributed by atoms with van der Waals surface area (Å²) in [5, 5.41) is 0.905. The number of benzene rings is 2. The van der Waals surface area contributed by atoms with Gasteiger partial charge in [0.25, 0.3) is 0 Å². The highest BCUT2D eigenvalue weighted by atomic mass is 16.6. The Morgan fingerprint density at radius 3 is 2.71 bits per heavy atom. The van der Waals surface area contributed by atoms with Crippen LogP contribution in [0.5, 0.6) is 11.5 Å². The molecule has 4 nitrogen and oxygen atoms in total. The van der Waals surface area contributed by atoms with E-state index in [1.807, 2.05) is 24.3 Å². The van der Waals surface area contributed by atoms with E-state index in [0.717, 1.165) is 5.39 Å². The normalized spacial score (nSPS) is 13.3. The van der Waals surface area contributed by atoms with Gasteiger partial charge in [-0.05, 0) is 24.3 Å². The Hall–Kier alpha value is -2.75. The predicted molar refractivity (Wildman–Crippen MR) is 77.1 cm³/mol. The number of hydrogen-bond acceptors (Lipinski definition) is 4. The van der Waals surface area contributed by atoms with E-state index in [4.69, 9.17) is 13.9 Å². The molecule has 21 heavy (non-hydrogen) atoms. The number of ketones is 1. The van der Waals surface area contributed by atoms with E-state index in [-0.39, 0.29) is 5.78 Å². The summed E-state index contributed by atoms with van der Waals surface area (Å²) >= 11 is 0. The van der Waals surface area contributed by atoms with Crippen LogP contribution in [0.25, 0.3) is 11.0 Å². The molecule has 3 aromatic rings. The molecule has 0 amide bonds. The van der Waals surface area contributed by atoms with Crippen LogP contribution in [0.1, 0.15) is 16.1 Å². The fourth-order valence-corrected chi connectivity index (χ4v) is 2.48. The summed E-state index contributed by atoms with van der Waals surface area (Å²) in [6.07, 6.45) is 0. The third-order valence-electron chi connectivity index (χ3n) is 3.46. The number of carbonyl (C=O) groups is 1. The molecular weight excluding hydrogens is 268 g/mol.